The molecule has 1 aliphatic heterocycles. The Bertz CT molecular complexity index is 567. The number of aromatic nitrogens is 3. The zero-order valence-electron chi connectivity index (χ0n) is 10.6. The zero-order valence-corrected chi connectivity index (χ0v) is 12.2. The van der Waals surface area contributed by atoms with E-state index >= 15 is 0 Å². The minimum absolute atomic E-state index is 0.183. The molecule has 0 bridgehead atoms. The molecule has 2 heterocycles. The molecule has 0 spiro atoms. The lowest BCUT2D eigenvalue weighted by molar-refractivity contribution is 0.686. The van der Waals surface area contributed by atoms with Crippen LogP contribution in [-0.2, 0) is 6.42 Å². The van der Waals surface area contributed by atoms with Gasteiger partial charge in [-0.25, -0.2) is 4.68 Å². The Morgan fingerprint density at radius 2 is 2.11 bits per heavy atom. The predicted molar refractivity (Wildman–Crippen MR) is 78.0 cm³/mol. The van der Waals surface area contributed by atoms with Crippen molar-refractivity contribution in [3.05, 3.63) is 40.7 Å². The normalized spacial score (nSPS) is 17.3. The van der Waals surface area contributed by atoms with E-state index < -0.39 is 0 Å². The third-order valence-electron chi connectivity index (χ3n) is 3.10. The Morgan fingerprint density at radius 1 is 1.32 bits per heavy atom. The van der Waals surface area contributed by atoms with Gasteiger partial charge in [-0.1, -0.05) is 48.8 Å². The highest BCUT2D eigenvalue weighted by Gasteiger charge is 2.27. The quantitative estimate of drug-likeness (QED) is 0.935. The second kappa shape index (κ2) is 5.43. The highest BCUT2D eigenvalue weighted by Crippen LogP contribution is 2.38. The zero-order chi connectivity index (χ0) is 13.2. The molecule has 0 saturated carbocycles. The van der Waals surface area contributed by atoms with Crippen LogP contribution in [-0.4, -0.2) is 14.9 Å². The number of hydrogen-bond donors (Lipinski definition) is 1. The summed E-state index contributed by atoms with van der Waals surface area (Å²) in [6, 6.07) is 7.91. The maximum absolute atomic E-state index is 5.91. The van der Waals surface area contributed by atoms with Crippen molar-refractivity contribution in [2.24, 2.45) is 0 Å². The molecule has 0 aliphatic carbocycles. The van der Waals surface area contributed by atoms with Gasteiger partial charge in [0, 0.05) is 11.4 Å². The minimum Gasteiger partial charge on any atom is -0.304 e. The van der Waals surface area contributed by atoms with E-state index in [0.29, 0.717) is 0 Å². The molecule has 1 atom stereocenters. The molecule has 0 radical (unpaired) electrons. The number of rotatable bonds is 4. The first-order valence-corrected chi connectivity index (χ1v) is 7.66. The summed E-state index contributed by atoms with van der Waals surface area (Å²) in [5.74, 6) is 1.01. The monoisotopic (exact) mass is 294 g/mol. The van der Waals surface area contributed by atoms with Crippen LogP contribution >= 0.6 is 23.4 Å². The topological polar surface area (TPSA) is 42.7 Å². The first-order chi connectivity index (χ1) is 9.28. The largest absolute Gasteiger partial charge is 0.304 e. The molecule has 0 fully saturated rings. The van der Waals surface area contributed by atoms with Crippen molar-refractivity contribution in [1.82, 2.24) is 14.9 Å². The lowest BCUT2D eigenvalue weighted by atomic mass is 10.2. The number of fused-ring (bicyclic) bond motifs is 1. The van der Waals surface area contributed by atoms with E-state index in [0.717, 1.165) is 35.3 Å². The molecule has 1 aromatic heterocycles. The Kier molecular flexibility index (Phi) is 3.66. The standard InChI is InChI=1S/C13H15ClN4S/c1-2-3-4-11-15-16-13-18(11)17-12(19-13)9-5-7-10(14)8-6-9/h5-8,12,17H,2-4H2,1H3. The molecule has 1 unspecified atom stereocenters. The van der Waals surface area contributed by atoms with Crippen molar-refractivity contribution in [3.8, 4) is 0 Å². The van der Waals surface area contributed by atoms with Crippen LogP contribution in [0.15, 0.2) is 29.4 Å². The van der Waals surface area contributed by atoms with Crippen LogP contribution in [0.2, 0.25) is 5.02 Å². The number of benzene rings is 1. The summed E-state index contributed by atoms with van der Waals surface area (Å²) in [4.78, 5) is 0. The average molecular weight is 295 g/mol. The molecule has 100 valence electrons. The molecule has 0 saturated heterocycles. The van der Waals surface area contributed by atoms with Crippen molar-refractivity contribution >= 4 is 23.4 Å². The van der Waals surface area contributed by atoms with Gasteiger partial charge in [0.05, 0.1) is 0 Å². The number of nitrogens with one attached hydrogen (secondary N) is 1. The van der Waals surface area contributed by atoms with E-state index in [9.17, 15) is 0 Å². The van der Waals surface area contributed by atoms with Gasteiger partial charge in [0.15, 0.2) is 5.82 Å². The average Bonchev–Trinajstić information content (AvgIpc) is 2.98. The third kappa shape index (κ3) is 2.58. The molecule has 3 rings (SSSR count). The van der Waals surface area contributed by atoms with Gasteiger partial charge in [-0.05, 0) is 24.1 Å². The van der Waals surface area contributed by atoms with Gasteiger partial charge < -0.3 is 5.43 Å². The second-order valence-electron chi connectivity index (χ2n) is 4.52. The molecule has 1 aromatic carbocycles. The SMILES string of the molecule is CCCCc1nnc2n1NC(c1ccc(Cl)cc1)S2. The second-order valence-corrected chi connectivity index (χ2v) is 6.02. The fourth-order valence-electron chi connectivity index (χ4n) is 2.03. The molecule has 19 heavy (non-hydrogen) atoms. The summed E-state index contributed by atoms with van der Waals surface area (Å²) in [7, 11) is 0. The van der Waals surface area contributed by atoms with Crippen molar-refractivity contribution in [1.29, 1.82) is 0 Å². The Balaban J connectivity index is 1.76. The summed E-state index contributed by atoms with van der Waals surface area (Å²) in [5.41, 5.74) is 4.63. The molecule has 1 N–H and O–H groups in total. The maximum Gasteiger partial charge on any atom is 0.212 e. The van der Waals surface area contributed by atoms with Gasteiger partial charge in [-0.15, -0.1) is 10.2 Å². The predicted octanol–water partition coefficient (Wildman–Crippen LogP) is 3.62. The van der Waals surface area contributed by atoms with E-state index in [1.54, 1.807) is 11.8 Å². The van der Waals surface area contributed by atoms with Crippen LogP contribution in [0.4, 0.5) is 0 Å². The van der Waals surface area contributed by atoms with E-state index in [-0.39, 0.29) is 5.37 Å². The van der Waals surface area contributed by atoms with Gasteiger partial charge in [-0.3, -0.25) is 0 Å². The third-order valence-corrected chi connectivity index (χ3v) is 4.44. The molecule has 6 heteroatoms. The number of hydrogen-bond acceptors (Lipinski definition) is 4. The summed E-state index contributed by atoms with van der Waals surface area (Å²) < 4.78 is 2.01. The summed E-state index contributed by atoms with van der Waals surface area (Å²) in [5, 5.41) is 10.3. The van der Waals surface area contributed by atoms with Gasteiger partial charge >= 0.3 is 0 Å². The highest BCUT2D eigenvalue weighted by atomic mass is 35.5. The molecule has 0 amide bonds. The molecular weight excluding hydrogens is 280 g/mol. The number of unbranched alkanes of at least 4 members (excludes halogenated alkanes) is 1. The maximum atomic E-state index is 5.91. The Labute approximate surface area is 121 Å². The van der Waals surface area contributed by atoms with Crippen LogP contribution in [0.1, 0.15) is 36.5 Å². The van der Waals surface area contributed by atoms with E-state index in [2.05, 4.69) is 22.5 Å². The van der Waals surface area contributed by atoms with Gasteiger partial charge in [0.25, 0.3) is 0 Å². The molecule has 2 aromatic rings. The lowest BCUT2D eigenvalue weighted by Gasteiger charge is -2.12. The van der Waals surface area contributed by atoms with E-state index in [4.69, 9.17) is 11.6 Å². The van der Waals surface area contributed by atoms with Crippen molar-refractivity contribution in [3.63, 3.8) is 0 Å². The fraction of sp³-hybridized carbons (Fsp3) is 0.385. The molecule has 4 nitrogen and oxygen atoms in total. The minimum atomic E-state index is 0.183. The van der Waals surface area contributed by atoms with E-state index in [1.807, 2.05) is 28.9 Å². The number of thioether (sulfide) groups is 1. The smallest absolute Gasteiger partial charge is 0.212 e. The van der Waals surface area contributed by atoms with Crippen LogP contribution in [0.5, 0.6) is 0 Å². The Morgan fingerprint density at radius 3 is 2.84 bits per heavy atom. The fourth-order valence-corrected chi connectivity index (χ4v) is 3.17. The summed E-state index contributed by atoms with van der Waals surface area (Å²) in [6.07, 6.45) is 3.26. The van der Waals surface area contributed by atoms with Crippen LogP contribution in [0.25, 0.3) is 0 Å². The highest BCUT2D eigenvalue weighted by molar-refractivity contribution is 7.99. The summed E-state index contributed by atoms with van der Waals surface area (Å²) in [6.45, 7) is 2.18. The van der Waals surface area contributed by atoms with Crippen molar-refractivity contribution in [2.45, 2.75) is 36.7 Å². The van der Waals surface area contributed by atoms with Gasteiger partial charge in [-0.2, -0.15) is 0 Å². The van der Waals surface area contributed by atoms with Crippen LogP contribution in [0.3, 0.4) is 0 Å². The number of aryl methyl sites for hydroxylation is 1. The number of halogens is 1. The van der Waals surface area contributed by atoms with E-state index in [1.165, 1.54) is 5.56 Å². The van der Waals surface area contributed by atoms with Gasteiger partial charge in [0.2, 0.25) is 5.16 Å². The Hall–Kier alpha value is -1.20. The van der Waals surface area contributed by atoms with Crippen molar-refractivity contribution in [2.75, 3.05) is 5.43 Å². The lowest BCUT2D eigenvalue weighted by Crippen LogP contribution is -2.15. The van der Waals surface area contributed by atoms with Gasteiger partial charge in [0.1, 0.15) is 5.37 Å². The number of nitrogens with zero attached hydrogens (tertiary/aromatic N) is 3. The van der Waals surface area contributed by atoms with Crippen molar-refractivity contribution < 1.29 is 0 Å². The molecular formula is C13H15ClN4S. The first kappa shape index (κ1) is 12.8. The van der Waals surface area contributed by atoms with Crippen LogP contribution in [0, 0.1) is 0 Å². The van der Waals surface area contributed by atoms with Crippen LogP contribution < -0.4 is 5.43 Å². The molecule has 1 aliphatic rings. The summed E-state index contributed by atoms with van der Waals surface area (Å²) >= 11 is 7.60. The first-order valence-electron chi connectivity index (χ1n) is 6.41.